The zero-order chi connectivity index (χ0) is 14.7. The van der Waals surface area contributed by atoms with Gasteiger partial charge in [-0.15, -0.1) is 0 Å². The number of fused-ring (bicyclic) bond motifs is 1. The average Bonchev–Trinajstić information content (AvgIpc) is 2.82. The van der Waals surface area contributed by atoms with Gasteiger partial charge in [0.25, 0.3) is 0 Å². The first-order chi connectivity index (χ1) is 10.3. The van der Waals surface area contributed by atoms with E-state index in [0.29, 0.717) is 12.1 Å². The lowest BCUT2D eigenvalue weighted by atomic mass is 9.94. The van der Waals surface area contributed by atoms with E-state index in [0.717, 1.165) is 6.04 Å². The molecule has 1 heterocycles. The van der Waals surface area contributed by atoms with Gasteiger partial charge >= 0.3 is 0 Å². The molecule has 1 saturated heterocycles. The predicted molar refractivity (Wildman–Crippen MR) is 89.6 cm³/mol. The second kappa shape index (κ2) is 6.93. The van der Waals surface area contributed by atoms with Crippen LogP contribution in [-0.4, -0.2) is 30.6 Å². The fourth-order valence-corrected chi connectivity index (χ4v) is 4.44. The van der Waals surface area contributed by atoms with Crippen molar-refractivity contribution >= 4 is 0 Å². The number of hydrogen-bond acceptors (Lipinski definition) is 2. The second-order valence-electron chi connectivity index (χ2n) is 6.86. The highest BCUT2D eigenvalue weighted by molar-refractivity contribution is 5.32. The number of hydrogen-bond donors (Lipinski definition) is 1. The van der Waals surface area contributed by atoms with Crippen LogP contribution in [0.4, 0.5) is 0 Å². The SMILES string of the molecule is CNC1c2ccccc2CCCC1N1CCCCCC1C. The molecule has 3 atom stereocenters. The molecule has 0 radical (unpaired) electrons. The van der Waals surface area contributed by atoms with Gasteiger partial charge in [0.15, 0.2) is 0 Å². The molecule has 3 unspecified atom stereocenters. The number of benzene rings is 1. The van der Waals surface area contributed by atoms with Gasteiger partial charge in [-0.25, -0.2) is 0 Å². The van der Waals surface area contributed by atoms with Gasteiger partial charge in [0.2, 0.25) is 0 Å². The molecule has 0 aromatic heterocycles. The molecule has 3 rings (SSSR count). The Morgan fingerprint density at radius 1 is 1.05 bits per heavy atom. The lowest BCUT2D eigenvalue weighted by molar-refractivity contribution is 0.110. The van der Waals surface area contributed by atoms with Crippen LogP contribution in [0.1, 0.15) is 62.6 Å². The van der Waals surface area contributed by atoms with E-state index in [1.807, 2.05) is 0 Å². The first-order valence-electron chi connectivity index (χ1n) is 8.82. The normalized spacial score (nSPS) is 31.2. The summed E-state index contributed by atoms with van der Waals surface area (Å²) in [6.07, 6.45) is 9.45. The summed E-state index contributed by atoms with van der Waals surface area (Å²) < 4.78 is 0. The van der Waals surface area contributed by atoms with Gasteiger partial charge in [0, 0.05) is 18.1 Å². The minimum absolute atomic E-state index is 0.490. The maximum atomic E-state index is 3.65. The summed E-state index contributed by atoms with van der Waals surface area (Å²) in [5.41, 5.74) is 3.10. The van der Waals surface area contributed by atoms with E-state index in [1.165, 1.54) is 51.5 Å². The molecule has 1 aliphatic heterocycles. The van der Waals surface area contributed by atoms with Crippen molar-refractivity contribution in [2.24, 2.45) is 0 Å². The van der Waals surface area contributed by atoms with Gasteiger partial charge in [0.05, 0.1) is 0 Å². The molecule has 116 valence electrons. The Bertz CT molecular complexity index is 457. The number of nitrogens with one attached hydrogen (secondary N) is 1. The van der Waals surface area contributed by atoms with Crippen LogP contribution in [0.25, 0.3) is 0 Å². The predicted octanol–water partition coefficient (Wildman–Crippen LogP) is 3.92. The maximum Gasteiger partial charge on any atom is 0.0478 e. The van der Waals surface area contributed by atoms with Crippen LogP contribution in [0.15, 0.2) is 24.3 Å². The average molecular weight is 286 g/mol. The van der Waals surface area contributed by atoms with Crippen molar-refractivity contribution < 1.29 is 0 Å². The number of aryl methyl sites for hydroxylation is 1. The van der Waals surface area contributed by atoms with Crippen LogP contribution >= 0.6 is 0 Å². The summed E-state index contributed by atoms with van der Waals surface area (Å²) in [7, 11) is 2.14. The summed E-state index contributed by atoms with van der Waals surface area (Å²) in [4.78, 5) is 2.82. The third-order valence-corrected chi connectivity index (χ3v) is 5.56. The van der Waals surface area contributed by atoms with Gasteiger partial charge in [-0.1, -0.05) is 37.1 Å². The Balaban J connectivity index is 1.90. The Morgan fingerprint density at radius 3 is 2.76 bits per heavy atom. The van der Waals surface area contributed by atoms with Crippen LogP contribution in [0.2, 0.25) is 0 Å². The monoisotopic (exact) mass is 286 g/mol. The van der Waals surface area contributed by atoms with Crippen LogP contribution in [0.3, 0.4) is 0 Å². The van der Waals surface area contributed by atoms with E-state index in [9.17, 15) is 0 Å². The molecule has 1 aromatic carbocycles. The third kappa shape index (κ3) is 3.17. The van der Waals surface area contributed by atoms with Crippen molar-refractivity contribution in [3.05, 3.63) is 35.4 Å². The Hall–Kier alpha value is -0.860. The molecule has 2 nitrogen and oxygen atoms in total. The fourth-order valence-electron chi connectivity index (χ4n) is 4.44. The minimum Gasteiger partial charge on any atom is -0.312 e. The van der Waals surface area contributed by atoms with E-state index in [2.05, 4.69) is 48.5 Å². The number of nitrogens with zero attached hydrogens (tertiary/aromatic N) is 1. The summed E-state index contributed by atoms with van der Waals surface area (Å²) in [5, 5.41) is 3.65. The zero-order valence-electron chi connectivity index (χ0n) is 13.6. The van der Waals surface area contributed by atoms with Gasteiger partial charge in [-0.3, -0.25) is 4.90 Å². The highest BCUT2D eigenvalue weighted by atomic mass is 15.2. The standard InChI is InChI=1S/C19H30N2/c1-15-9-4-3-7-14-21(15)18-13-8-11-16-10-5-6-12-17(16)19(18)20-2/h5-6,10,12,15,18-20H,3-4,7-9,11,13-14H2,1-2H3. The van der Waals surface area contributed by atoms with Crippen molar-refractivity contribution in [1.29, 1.82) is 0 Å². The topological polar surface area (TPSA) is 15.3 Å². The summed E-state index contributed by atoms with van der Waals surface area (Å²) in [6, 6.07) is 11.0. The maximum absolute atomic E-state index is 3.65. The Morgan fingerprint density at radius 2 is 1.90 bits per heavy atom. The molecule has 0 bridgehead atoms. The molecule has 21 heavy (non-hydrogen) atoms. The third-order valence-electron chi connectivity index (χ3n) is 5.56. The highest BCUT2D eigenvalue weighted by Crippen LogP contribution is 2.34. The van der Waals surface area contributed by atoms with E-state index < -0.39 is 0 Å². The number of rotatable bonds is 2. The van der Waals surface area contributed by atoms with Crippen LogP contribution < -0.4 is 5.32 Å². The molecular weight excluding hydrogens is 256 g/mol. The molecule has 1 aliphatic carbocycles. The molecule has 2 aliphatic rings. The van der Waals surface area contributed by atoms with Crippen LogP contribution in [0, 0.1) is 0 Å². The molecule has 1 aromatic rings. The van der Waals surface area contributed by atoms with Crippen molar-refractivity contribution in [2.75, 3.05) is 13.6 Å². The smallest absolute Gasteiger partial charge is 0.0478 e. The molecule has 0 spiro atoms. The summed E-state index contributed by atoms with van der Waals surface area (Å²) in [5.74, 6) is 0. The Labute approximate surface area is 129 Å². The molecule has 0 amide bonds. The van der Waals surface area contributed by atoms with Crippen molar-refractivity contribution in [1.82, 2.24) is 10.2 Å². The Kier molecular flexibility index (Phi) is 4.97. The van der Waals surface area contributed by atoms with Gasteiger partial charge < -0.3 is 5.32 Å². The zero-order valence-corrected chi connectivity index (χ0v) is 13.6. The highest BCUT2D eigenvalue weighted by Gasteiger charge is 2.33. The molecule has 1 N–H and O–H groups in total. The first kappa shape index (κ1) is 15.1. The fraction of sp³-hybridized carbons (Fsp3) is 0.684. The van der Waals surface area contributed by atoms with E-state index >= 15 is 0 Å². The molecule has 0 saturated carbocycles. The lowest BCUT2D eigenvalue weighted by Gasteiger charge is -2.39. The summed E-state index contributed by atoms with van der Waals surface area (Å²) in [6.45, 7) is 3.72. The minimum atomic E-state index is 0.490. The van der Waals surface area contributed by atoms with Crippen molar-refractivity contribution in [3.8, 4) is 0 Å². The van der Waals surface area contributed by atoms with Gasteiger partial charge in [0.1, 0.15) is 0 Å². The lowest BCUT2D eigenvalue weighted by Crippen LogP contribution is -2.47. The van der Waals surface area contributed by atoms with Crippen LogP contribution in [0.5, 0.6) is 0 Å². The largest absolute Gasteiger partial charge is 0.312 e. The van der Waals surface area contributed by atoms with Gasteiger partial charge in [-0.05, 0) is 63.7 Å². The van der Waals surface area contributed by atoms with Crippen LogP contribution in [-0.2, 0) is 6.42 Å². The van der Waals surface area contributed by atoms with Crippen molar-refractivity contribution in [2.45, 2.75) is 70.0 Å². The molecule has 2 heteroatoms. The van der Waals surface area contributed by atoms with E-state index in [1.54, 1.807) is 11.1 Å². The quantitative estimate of drug-likeness (QED) is 0.829. The molecular formula is C19H30N2. The second-order valence-corrected chi connectivity index (χ2v) is 6.86. The first-order valence-corrected chi connectivity index (χ1v) is 8.82. The summed E-state index contributed by atoms with van der Waals surface area (Å²) >= 11 is 0. The number of likely N-dealkylation sites (tertiary alicyclic amines) is 1. The number of likely N-dealkylation sites (N-methyl/N-ethyl adjacent to an activating group) is 1. The van der Waals surface area contributed by atoms with Crippen molar-refractivity contribution in [3.63, 3.8) is 0 Å². The van der Waals surface area contributed by atoms with E-state index in [4.69, 9.17) is 0 Å². The van der Waals surface area contributed by atoms with Gasteiger partial charge in [-0.2, -0.15) is 0 Å². The molecule has 1 fully saturated rings. The van der Waals surface area contributed by atoms with E-state index in [-0.39, 0.29) is 0 Å².